The second-order valence-corrected chi connectivity index (χ2v) is 5.44. The summed E-state index contributed by atoms with van der Waals surface area (Å²) in [4.78, 5) is 15.0. The van der Waals surface area contributed by atoms with Crippen molar-refractivity contribution >= 4 is 11.9 Å². The van der Waals surface area contributed by atoms with E-state index in [-0.39, 0.29) is 6.10 Å². The van der Waals surface area contributed by atoms with E-state index >= 15 is 0 Å². The third kappa shape index (κ3) is 4.21. The van der Waals surface area contributed by atoms with Crippen LogP contribution in [0, 0.1) is 0 Å². The van der Waals surface area contributed by atoms with Gasteiger partial charge in [0, 0.05) is 20.6 Å². The van der Waals surface area contributed by atoms with Crippen LogP contribution in [0.1, 0.15) is 45.4 Å². The molecule has 0 unspecified atom stereocenters. The highest BCUT2D eigenvalue weighted by molar-refractivity contribution is 5.36. The van der Waals surface area contributed by atoms with Crippen LogP contribution in [0.2, 0.25) is 0 Å². The highest BCUT2D eigenvalue weighted by atomic mass is 16.5. The van der Waals surface area contributed by atoms with Gasteiger partial charge in [0.2, 0.25) is 11.9 Å². The first kappa shape index (κ1) is 14.8. The smallest absolute Gasteiger partial charge is 0.323 e. The van der Waals surface area contributed by atoms with Gasteiger partial charge in [0.25, 0.3) is 0 Å². The summed E-state index contributed by atoms with van der Waals surface area (Å²) in [7, 11) is 3.84. The van der Waals surface area contributed by atoms with Crippen molar-refractivity contribution in [1.82, 2.24) is 15.0 Å². The van der Waals surface area contributed by atoms with E-state index in [9.17, 15) is 0 Å². The molecule has 0 saturated heterocycles. The molecular formula is C14H25N5O. The van der Waals surface area contributed by atoms with Gasteiger partial charge in [-0.2, -0.15) is 15.0 Å². The summed E-state index contributed by atoms with van der Waals surface area (Å²) in [5.41, 5.74) is 0. The largest absolute Gasteiger partial charge is 0.460 e. The minimum Gasteiger partial charge on any atom is -0.460 e. The zero-order chi connectivity index (χ0) is 14.4. The maximum atomic E-state index is 5.94. The van der Waals surface area contributed by atoms with Crippen molar-refractivity contribution in [2.24, 2.45) is 0 Å². The summed E-state index contributed by atoms with van der Waals surface area (Å²) in [6.45, 7) is 2.96. The summed E-state index contributed by atoms with van der Waals surface area (Å²) in [5, 5.41) is 3.20. The molecule has 1 aromatic heterocycles. The van der Waals surface area contributed by atoms with E-state index in [1.807, 2.05) is 19.0 Å². The average Bonchev–Trinajstić information content (AvgIpc) is 2.46. The van der Waals surface area contributed by atoms with Crippen molar-refractivity contribution in [2.45, 2.75) is 51.6 Å². The lowest BCUT2D eigenvalue weighted by Crippen LogP contribution is -2.22. The minimum atomic E-state index is 0.250. The predicted molar refractivity (Wildman–Crippen MR) is 80.4 cm³/mol. The molecule has 0 spiro atoms. The van der Waals surface area contributed by atoms with Gasteiger partial charge < -0.3 is 15.0 Å². The number of nitrogens with zero attached hydrogens (tertiary/aromatic N) is 4. The normalized spacial score (nSPS) is 15.9. The quantitative estimate of drug-likeness (QED) is 0.863. The Morgan fingerprint density at radius 1 is 1.15 bits per heavy atom. The molecule has 0 amide bonds. The Morgan fingerprint density at radius 2 is 1.90 bits per heavy atom. The van der Waals surface area contributed by atoms with Crippen LogP contribution >= 0.6 is 0 Å². The third-order valence-corrected chi connectivity index (χ3v) is 3.36. The standard InChI is InChI=1S/C14H25N5O/c1-4-10-15-12-16-13(19(2)3)18-14(17-12)20-11-8-6-5-7-9-11/h11H,4-10H2,1-3H3,(H,15,16,17,18). The summed E-state index contributed by atoms with van der Waals surface area (Å²) >= 11 is 0. The van der Waals surface area contributed by atoms with Crippen LogP contribution in [0.25, 0.3) is 0 Å². The van der Waals surface area contributed by atoms with E-state index in [0.29, 0.717) is 17.9 Å². The molecule has 0 bridgehead atoms. The Balaban J connectivity index is 2.10. The zero-order valence-electron chi connectivity index (χ0n) is 12.7. The molecule has 1 saturated carbocycles. The lowest BCUT2D eigenvalue weighted by Gasteiger charge is -2.22. The Morgan fingerprint density at radius 3 is 2.55 bits per heavy atom. The minimum absolute atomic E-state index is 0.250. The Bertz CT molecular complexity index is 418. The lowest BCUT2D eigenvalue weighted by molar-refractivity contribution is 0.142. The van der Waals surface area contributed by atoms with Crippen molar-refractivity contribution in [3.63, 3.8) is 0 Å². The van der Waals surface area contributed by atoms with Gasteiger partial charge in [-0.25, -0.2) is 0 Å². The number of rotatable bonds is 6. The number of hydrogen-bond donors (Lipinski definition) is 1. The third-order valence-electron chi connectivity index (χ3n) is 3.36. The molecule has 2 rings (SSSR count). The van der Waals surface area contributed by atoms with Crippen molar-refractivity contribution < 1.29 is 4.74 Å². The van der Waals surface area contributed by atoms with E-state index in [1.165, 1.54) is 19.3 Å². The second kappa shape index (κ2) is 7.26. The van der Waals surface area contributed by atoms with Gasteiger partial charge in [0.1, 0.15) is 6.10 Å². The SMILES string of the molecule is CCCNc1nc(OC2CCCCC2)nc(N(C)C)n1. The van der Waals surface area contributed by atoms with Crippen LogP contribution in [-0.4, -0.2) is 41.7 Å². The van der Waals surface area contributed by atoms with Gasteiger partial charge in [-0.05, 0) is 32.1 Å². The van der Waals surface area contributed by atoms with Gasteiger partial charge in [-0.1, -0.05) is 13.3 Å². The molecule has 1 aliphatic carbocycles. The molecule has 0 atom stereocenters. The first-order valence-electron chi connectivity index (χ1n) is 7.53. The lowest BCUT2D eigenvalue weighted by atomic mass is 9.98. The molecule has 20 heavy (non-hydrogen) atoms. The molecule has 1 aliphatic rings. The Kier molecular flexibility index (Phi) is 5.38. The number of hydrogen-bond acceptors (Lipinski definition) is 6. The van der Waals surface area contributed by atoms with Gasteiger partial charge >= 0.3 is 6.01 Å². The van der Waals surface area contributed by atoms with E-state index in [2.05, 4.69) is 27.2 Å². The molecule has 6 nitrogen and oxygen atoms in total. The monoisotopic (exact) mass is 279 g/mol. The zero-order valence-corrected chi connectivity index (χ0v) is 12.7. The van der Waals surface area contributed by atoms with Crippen LogP contribution < -0.4 is 15.0 Å². The van der Waals surface area contributed by atoms with Crippen LogP contribution in [-0.2, 0) is 0 Å². The molecular weight excluding hydrogens is 254 g/mol. The molecule has 0 aliphatic heterocycles. The highest BCUT2D eigenvalue weighted by Crippen LogP contribution is 2.22. The molecule has 1 N–H and O–H groups in total. The number of anilines is 2. The number of ether oxygens (including phenoxy) is 1. The fourth-order valence-electron chi connectivity index (χ4n) is 2.25. The van der Waals surface area contributed by atoms with E-state index in [1.54, 1.807) is 0 Å². The van der Waals surface area contributed by atoms with E-state index in [4.69, 9.17) is 4.74 Å². The fraction of sp³-hybridized carbons (Fsp3) is 0.786. The summed E-state index contributed by atoms with van der Waals surface area (Å²) in [6.07, 6.45) is 7.25. The average molecular weight is 279 g/mol. The van der Waals surface area contributed by atoms with Crippen LogP contribution in [0.15, 0.2) is 0 Å². The van der Waals surface area contributed by atoms with Crippen molar-refractivity contribution in [3.05, 3.63) is 0 Å². The van der Waals surface area contributed by atoms with Crippen LogP contribution in [0.4, 0.5) is 11.9 Å². The molecule has 1 aromatic rings. The molecule has 0 aromatic carbocycles. The fourth-order valence-corrected chi connectivity index (χ4v) is 2.25. The van der Waals surface area contributed by atoms with Crippen LogP contribution in [0.3, 0.4) is 0 Å². The van der Waals surface area contributed by atoms with Crippen molar-refractivity contribution in [1.29, 1.82) is 0 Å². The highest BCUT2D eigenvalue weighted by Gasteiger charge is 2.17. The van der Waals surface area contributed by atoms with E-state index in [0.717, 1.165) is 25.8 Å². The van der Waals surface area contributed by atoms with Gasteiger partial charge in [0.15, 0.2) is 0 Å². The molecule has 112 valence electrons. The van der Waals surface area contributed by atoms with Crippen molar-refractivity contribution in [3.8, 4) is 6.01 Å². The second-order valence-electron chi connectivity index (χ2n) is 5.44. The first-order valence-corrected chi connectivity index (χ1v) is 7.53. The Hall–Kier alpha value is -1.59. The maximum absolute atomic E-state index is 5.94. The summed E-state index contributed by atoms with van der Waals surface area (Å²) in [6, 6.07) is 0.439. The molecule has 1 heterocycles. The topological polar surface area (TPSA) is 63.2 Å². The van der Waals surface area contributed by atoms with E-state index < -0.39 is 0 Å². The first-order chi connectivity index (χ1) is 9.69. The molecule has 1 fully saturated rings. The number of aromatic nitrogens is 3. The van der Waals surface area contributed by atoms with Gasteiger partial charge in [-0.15, -0.1) is 0 Å². The van der Waals surface area contributed by atoms with Gasteiger partial charge in [-0.3, -0.25) is 0 Å². The van der Waals surface area contributed by atoms with Crippen molar-refractivity contribution in [2.75, 3.05) is 30.9 Å². The maximum Gasteiger partial charge on any atom is 0.323 e. The van der Waals surface area contributed by atoms with Gasteiger partial charge in [0.05, 0.1) is 0 Å². The van der Waals surface area contributed by atoms with Crippen LogP contribution in [0.5, 0.6) is 6.01 Å². The summed E-state index contributed by atoms with van der Waals surface area (Å²) < 4.78 is 5.94. The Labute approximate surface area is 121 Å². The predicted octanol–water partition coefficient (Wildman–Crippen LogP) is 2.47. The summed E-state index contributed by atoms with van der Waals surface area (Å²) in [5.74, 6) is 1.22. The molecule has 6 heteroatoms. The number of nitrogens with one attached hydrogen (secondary N) is 1. The molecule has 0 radical (unpaired) electrons.